The van der Waals surface area contributed by atoms with Crippen molar-refractivity contribution in [1.29, 1.82) is 0 Å². The highest BCUT2D eigenvalue weighted by atomic mass is 19.2. The Morgan fingerprint density at radius 1 is 1.04 bits per heavy atom. The van der Waals surface area contributed by atoms with Crippen LogP contribution in [0.25, 0.3) is 0 Å². The first-order valence-corrected chi connectivity index (χ1v) is 8.30. The van der Waals surface area contributed by atoms with Crippen LogP contribution in [0.4, 0.5) is 18.9 Å². The van der Waals surface area contributed by atoms with Gasteiger partial charge < -0.3 is 15.1 Å². The quantitative estimate of drug-likeness (QED) is 0.634. The Kier molecular flexibility index (Phi) is 5.57. The van der Waals surface area contributed by atoms with E-state index in [0.29, 0.717) is 38.7 Å². The van der Waals surface area contributed by atoms with Gasteiger partial charge in [-0.1, -0.05) is 0 Å². The molecule has 0 saturated carbocycles. The van der Waals surface area contributed by atoms with Crippen LogP contribution in [0.3, 0.4) is 0 Å². The topological polar surface area (TPSA) is 82.6 Å². The second-order valence-corrected chi connectivity index (χ2v) is 6.04. The van der Waals surface area contributed by atoms with Crippen molar-refractivity contribution >= 4 is 23.9 Å². The molecule has 0 radical (unpaired) electrons. The van der Waals surface area contributed by atoms with E-state index in [0.717, 1.165) is 6.07 Å². The summed E-state index contributed by atoms with van der Waals surface area (Å²) in [5, 5.41) is 2.10. The molecular weight excluding hydrogens is 377 g/mol. The van der Waals surface area contributed by atoms with Gasteiger partial charge in [0.05, 0.1) is 5.69 Å². The molecule has 28 heavy (non-hydrogen) atoms. The number of benzene rings is 1. The van der Waals surface area contributed by atoms with Crippen molar-refractivity contribution < 1.29 is 27.6 Å². The minimum absolute atomic E-state index is 0.186. The lowest BCUT2D eigenvalue weighted by Crippen LogP contribution is -2.48. The van der Waals surface area contributed by atoms with Crippen LogP contribution in [0.5, 0.6) is 0 Å². The van der Waals surface area contributed by atoms with Gasteiger partial charge in [0.15, 0.2) is 17.5 Å². The molecule has 3 amide bonds. The molecule has 1 aliphatic heterocycles. The molecule has 1 N–H and O–H groups in total. The van der Waals surface area contributed by atoms with Gasteiger partial charge in [-0.2, -0.15) is 0 Å². The molecule has 7 nitrogen and oxygen atoms in total. The number of anilines is 1. The lowest BCUT2D eigenvalue weighted by Gasteiger charge is -2.32. The Morgan fingerprint density at radius 2 is 1.75 bits per heavy atom. The maximum absolute atomic E-state index is 13.7. The molecule has 0 aliphatic carbocycles. The standard InChI is InChI=1S/C18H15F3N4O3/c19-12-1-2-13(16(21)15(12)20)23-17(27)14-9-11(3-4-22-14)18(28)25-7-5-24(10-26)6-8-25/h1-4,9-10H,5-8H2,(H,23,27). The number of hydrogen-bond donors (Lipinski definition) is 1. The first-order chi connectivity index (χ1) is 13.4. The number of aromatic nitrogens is 1. The highest BCUT2D eigenvalue weighted by Crippen LogP contribution is 2.20. The molecule has 3 rings (SSSR count). The van der Waals surface area contributed by atoms with Crippen molar-refractivity contribution in [1.82, 2.24) is 14.8 Å². The van der Waals surface area contributed by atoms with Crippen LogP contribution in [0.1, 0.15) is 20.8 Å². The van der Waals surface area contributed by atoms with Crippen molar-refractivity contribution in [2.45, 2.75) is 0 Å². The second kappa shape index (κ2) is 8.07. The summed E-state index contributed by atoms with van der Waals surface area (Å²) < 4.78 is 40.0. The van der Waals surface area contributed by atoms with E-state index in [-0.39, 0.29) is 17.2 Å². The van der Waals surface area contributed by atoms with E-state index in [4.69, 9.17) is 0 Å². The summed E-state index contributed by atoms with van der Waals surface area (Å²) in [4.78, 5) is 42.5. The summed E-state index contributed by atoms with van der Waals surface area (Å²) in [6, 6.07) is 4.21. The summed E-state index contributed by atoms with van der Waals surface area (Å²) in [6.07, 6.45) is 1.96. The van der Waals surface area contributed by atoms with Gasteiger partial charge in [0, 0.05) is 37.9 Å². The number of amides is 3. The van der Waals surface area contributed by atoms with E-state index in [1.807, 2.05) is 0 Å². The fourth-order valence-corrected chi connectivity index (χ4v) is 2.71. The zero-order valence-electron chi connectivity index (χ0n) is 14.5. The van der Waals surface area contributed by atoms with Gasteiger partial charge in [0.2, 0.25) is 6.41 Å². The smallest absolute Gasteiger partial charge is 0.274 e. The monoisotopic (exact) mass is 392 g/mol. The Balaban J connectivity index is 1.74. The number of halogens is 3. The van der Waals surface area contributed by atoms with E-state index in [2.05, 4.69) is 10.3 Å². The Bertz CT molecular complexity index is 930. The molecule has 1 fully saturated rings. The van der Waals surface area contributed by atoms with Gasteiger partial charge in [0.25, 0.3) is 11.8 Å². The number of pyridine rings is 1. The fourth-order valence-electron chi connectivity index (χ4n) is 2.71. The van der Waals surface area contributed by atoms with Crippen LogP contribution in [0.15, 0.2) is 30.5 Å². The summed E-state index contributed by atoms with van der Waals surface area (Å²) in [6.45, 7) is 1.51. The normalized spacial score (nSPS) is 14.0. The molecule has 1 aromatic carbocycles. The molecule has 1 aliphatic rings. The summed E-state index contributed by atoms with van der Waals surface area (Å²) >= 11 is 0. The van der Waals surface area contributed by atoms with Crippen LogP contribution >= 0.6 is 0 Å². The molecule has 146 valence electrons. The fraction of sp³-hybridized carbons (Fsp3) is 0.222. The lowest BCUT2D eigenvalue weighted by molar-refractivity contribution is -0.119. The molecule has 0 bridgehead atoms. The third kappa shape index (κ3) is 3.95. The van der Waals surface area contributed by atoms with Crippen LogP contribution < -0.4 is 5.32 Å². The van der Waals surface area contributed by atoms with E-state index in [1.54, 1.807) is 4.90 Å². The molecule has 2 heterocycles. The van der Waals surface area contributed by atoms with E-state index >= 15 is 0 Å². The van der Waals surface area contributed by atoms with Crippen molar-refractivity contribution in [3.8, 4) is 0 Å². The first-order valence-electron chi connectivity index (χ1n) is 8.30. The Hall–Kier alpha value is -3.43. The summed E-state index contributed by atoms with van der Waals surface area (Å²) in [5.74, 6) is -5.85. The lowest BCUT2D eigenvalue weighted by atomic mass is 10.1. The highest BCUT2D eigenvalue weighted by molar-refractivity contribution is 6.04. The van der Waals surface area contributed by atoms with Gasteiger partial charge >= 0.3 is 0 Å². The van der Waals surface area contributed by atoms with Gasteiger partial charge in [-0.25, -0.2) is 13.2 Å². The predicted octanol–water partition coefficient (Wildman–Crippen LogP) is 1.67. The van der Waals surface area contributed by atoms with Gasteiger partial charge in [0.1, 0.15) is 5.69 Å². The average molecular weight is 392 g/mol. The van der Waals surface area contributed by atoms with E-state index in [9.17, 15) is 27.6 Å². The summed E-state index contributed by atoms with van der Waals surface area (Å²) in [7, 11) is 0. The maximum atomic E-state index is 13.7. The predicted molar refractivity (Wildman–Crippen MR) is 92.0 cm³/mol. The first kappa shape index (κ1) is 19.3. The number of rotatable bonds is 4. The number of nitrogens with one attached hydrogen (secondary N) is 1. The summed E-state index contributed by atoms with van der Waals surface area (Å²) in [5.41, 5.74) is -0.556. The van der Waals surface area contributed by atoms with Crippen LogP contribution in [0.2, 0.25) is 0 Å². The molecule has 2 aromatic rings. The Morgan fingerprint density at radius 3 is 2.43 bits per heavy atom. The molecule has 0 atom stereocenters. The van der Waals surface area contributed by atoms with Gasteiger partial charge in [-0.3, -0.25) is 19.4 Å². The number of nitrogens with zero attached hydrogens (tertiary/aromatic N) is 3. The Labute approximate surface area is 157 Å². The molecule has 1 aromatic heterocycles. The van der Waals surface area contributed by atoms with Crippen LogP contribution in [0, 0.1) is 17.5 Å². The van der Waals surface area contributed by atoms with Crippen molar-refractivity contribution in [3.05, 3.63) is 59.2 Å². The zero-order valence-corrected chi connectivity index (χ0v) is 14.5. The number of carbonyl (C=O) groups is 3. The minimum atomic E-state index is -1.70. The molecule has 0 spiro atoms. The zero-order chi connectivity index (χ0) is 20.3. The van der Waals surface area contributed by atoms with Crippen molar-refractivity contribution in [3.63, 3.8) is 0 Å². The highest BCUT2D eigenvalue weighted by Gasteiger charge is 2.23. The number of hydrogen-bond acceptors (Lipinski definition) is 4. The maximum Gasteiger partial charge on any atom is 0.274 e. The van der Waals surface area contributed by atoms with Gasteiger partial charge in [-0.05, 0) is 24.3 Å². The van der Waals surface area contributed by atoms with E-state index < -0.39 is 29.0 Å². The molecule has 1 saturated heterocycles. The van der Waals surface area contributed by atoms with Crippen molar-refractivity contribution in [2.75, 3.05) is 31.5 Å². The van der Waals surface area contributed by atoms with E-state index in [1.165, 1.54) is 23.2 Å². The molecular formula is C18H15F3N4O3. The van der Waals surface area contributed by atoms with Crippen LogP contribution in [-0.2, 0) is 4.79 Å². The number of piperazine rings is 1. The van der Waals surface area contributed by atoms with Gasteiger partial charge in [-0.15, -0.1) is 0 Å². The minimum Gasteiger partial charge on any atom is -0.342 e. The number of carbonyl (C=O) groups excluding carboxylic acids is 3. The largest absolute Gasteiger partial charge is 0.342 e. The molecule has 10 heteroatoms. The second-order valence-electron chi connectivity index (χ2n) is 6.04. The SMILES string of the molecule is O=CN1CCN(C(=O)c2ccnc(C(=O)Nc3ccc(F)c(F)c3F)c2)CC1. The molecule has 0 unspecified atom stereocenters. The third-order valence-corrected chi connectivity index (χ3v) is 4.27. The average Bonchev–Trinajstić information content (AvgIpc) is 2.73. The van der Waals surface area contributed by atoms with Crippen LogP contribution in [-0.4, -0.2) is 59.2 Å². The van der Waals surface area contributed by atoms with Crippen molar-refractivity contribution in [2.24, 2.45) is 0 Å². The third-order valence-electron chi connectivity index (χ3n) is 4.27.